The summed E-state index contributed by atoms with van der Waals surface area (Å²) < 4.78 is 0. The highest BCUT2D eigenvalue weighted by Crippen LogP contribution is 2.38. The number of anilines is 1. The molecule has 1 unspecified atom stereocenters. The number of rotatable bonds is 3. The van der Waals surface area contributed by atoms with E-state index in [0.29, 0.717) is 19.3 Å². The zero-order valence-corrected chi connectivity index (χ0v) is 10.5. The third-order valence-electron chi connectivity index (χ3n) is 3.92. The summed E-state index contributed by atoms with van der Waals surface area (Å²) in [6.45, 7) is 0.731. The summed E-state index contributed by atoms with van der Waals surface area (Å²) in [6, 6.07) is 7.69. The minimum absolute atomic E-state index is 0.172. The number of hydrogen-bond acceptors (Lipinski definition) is 3. The fraction of sp³-hybridized carbons (Fsp3) is 0.429. The van der Waals surface area contributed by atoms with Crippen LogP contribution >= 0.6 is 0 Å². The Labute approximate surface area is 111 Å². The second-order valence-corrected chi connectivity index (χ2v) is 5.23. The predicted molar refractivity (Wildman–Crippen MR) is 70.0 cm³/mol. The minimum atomic E-state index is -1.00. The maximum absolute atomic E-state index is 12.3. The lowest BCUT2D eigenvalue weighted by Crippen LogP contribution is -2.46. The molecule has 100 valence electrons. The molecule has 1 aromatic carbocycles. The van der Waals surface area contributed by atoms with Gasteiger partial charge in [0.1, 0.15) is 5.54 Å². The van der Waals surface area contributed by atoms with Gasteiger partial charge in [0.2, 0.25) is 5.91 Å². The Morgan fingerprint density at radius 1 is 1.32 bits per heavy atom. The van der Waals surface area contributed by atoms with Gasteiger partial charge in [-0.25, -0.2) is 4.79 Å². The largest absolute Gasteiger partial charge is 0.480 e. The molecule has 3 N–H and O–H groups in total. The van der Waals surface area contributed by atoms with Crippen LogP contribution in [0, 0.1) is 0 Å². The zero-order valence-electron chi connectivity index (χ0n) is 10.5. The van der Waals surface area contributed by atoms with Gasteiger partial charge in [0.05, 0.1) is 5.92 Å². The number of carbonyl (C=O) groups excluding carboxylic acids is 1. The van der Waals surface area contributed by atoms with E-state index in [9.17, 15) is 9.59 Å². The molecule has 1 aromatic rings. The van der Waals surface area contributed by atoms with Crippen LogP contribution in [0.5, 0.6) is 0 Å². The lowest BCUT2D eigenvalue weighted by atomic mass is 9.90. The van der Waals surface area contributed by atoms with Gasteiger partial charge in [-0.05, 0) is 30.9 Å². The molecule has 0 spiro atoms. The van der Waals surface area contributed by atoms with Gasteiger partial charge >= 0.3 is 5.97 Å². The Hall–Kier alpha value is -2.04. The first-order chi connectivity index (χ1) is 9.12. The number of nitrogens with one attached hydrogen (secondary N) is 2. The van der Waals surface area contributed by atoms with Gasteiger partial charge in [0, 0.05) is 12.2 Å². The van der Waals surface area contributed by atoms with E-state index >= 15 is 0 Å². The molecular weight excluding hydrogens is 244 g/mol. The normalized spacial score (nSPS) is 22.8. The lowest BCUT2D eigenvalue weighted by molar-refractivity contribution is -0.143. The number of hydrogen-bond donors (Lipinski definition) is 3. The molecule has 0 saturated heterocycles. The highest BCUT2D eigenvalue weighted by molar-refractivity contribution is 5.93. The second-order valence-electron chi connectivity index (χ2n) is 5.23. The fourth-order valence-corrected chi connectivity index (χ4v) is 2.58. The zero-order chi connectivity index (χ0) is 13.5. The molecule has 0 bridgehead atoms. The van der Waals surface area contributed by atoms with Crippen LogP contribution in [0.2, 0.25) is 0 Å². The van der Waals surface area contributed by atoms with Gasteiger partial charge in [0.15, 0.2) is 0 Å². The van der Waals surface area contributed by atoms with Crippen LogP contribution < -0.4 is 10.6 Å². The van der Waals surface area contributed by atoms with Gasteiger partial charge < -0.3 is 15.7 Å². The molecule has 1 saturated carbocycles. The summed E-state index contributed by atoms with van der Waals surface area (Å²) in [5, 5.41) is 15.1. The standard InChI is InChI=1S/C14H16N2O3/c17-12(16-14(6-7-14)13(18)19)10-5-8-15-11-4-2-1-3-9(10)11/h1-4,10,15H,5-8H2,(H,16,17)(H,18,19). The first kappa shape index (κ1) is 12.0. The van der Waals surface area contributed by atoms with Crippen LogP contribution in [-0.2, 0) is 9.59 Å². The fourth-order valence-electron chi connectivity index (χ4n) is 2.58. The minimum Gasteiger partial charge on any atom is -0.480 e. The first-order valence-corrected chi connectivity index (χ1v) is 6.51. The quantitative estimate of drug-likeness (QED) is 0.766. The van der Waals surface area contributed by atoms with E-state index in [1.807, 2.05) is 24.3 Å². The maximum atomic E-state index is 12.3. The van der Waals surface area contributed by atoms with Crippen LogP contribution in [0.4, 0.5) is 5.69 Å². The molecule has 5 nitrogen and oxygen atoms in total. The second kappa shape index (κ2) is 4.26. The summed E-state index contributed by atoms with van der Waals surface area (Å²) in [7, 11) is 0. The molecule has 5 heteroatoms. The SMILES string of the molecule is O=C(NC1(C(=O)O)CC1)C1CCNc2ccccc21. The number of benzene rings is 1. The van der Waals surface area contributed by atoms with E-state index in [2.05, 4.69) is 10.6 Å². The Morgan fingerprint density at radius 2 is 2.05 bits per heavy atom. The first-order valence-electron chi connectivity index (χ1n) is 6.51. The number of amides is 1. The van der Waals surface area contributed by atoms with E-state index < -0.39 is 11.5 Å². The molecule has 0 aromatic heterocycles. The number of fused-ring (bicyclic) bond motifs is 1. The molecule has 3 rings (SSSR count). The van der Waals surface area contributed by atoms with E-state index in [1.54, 1.807) is 0 Å². The number of para-hydroxylation sites is 1. The van der Waals surface area contributed by atoms with Gasteiger partial charge in [-0.3, -0.25) is 4.79 Å². The Bertz CT molecular complexity index is 537. The summed E-state index contributed by atoms with van der Waals surface area (Å²) >= 11 is 0. The van der Waals surface area contributed by atoms with E-state index in [-0.39, 0.29) is 11.8 Å². The highest BCUT2D eigenvalue weighted by Gasteiger charge is 2.52. The average Bonchev–Trinajstić information content (AvgIpc) is 3.19. The molecule has 1 atom stereocenters. The van der Waals surface area contributed by atoms with Crippen molar-refractivity contribution in [2.75, 3.05) is 11.9 Å². The van der Waals surface area contributed by atoms with Crippen molar-refractivity contribution in [2.24, 2.45) is 0 Å². The van der Waals surface area contributed by atoms with Crippen LogP contribution in [0.1, 0.15) is 30.7 Å². The molecular formula is C14H16N2O3. The third kappa shape index (κ3) is 2.05. The number of carbonyl (C=O) groups is 2. The van der Waals surface area contributed by atoms with Crippen molar-refractivity contribution < 1.29 is 14.7 Å². The smallest absolute Gasteiger partial charge is 0.329 e. The van der Waals surface area contributed by atoms with Crippen molar-refractivity contribution in [3.8, 4) is 0 Å². The Balaban J connectivity index is 1.80. The Kier molecular flexibility index (Phi) is 2.69. The van der Waals surface area contributed by atoms with Crippen LogP contribution in [0.3, 0.4) is 0 Å². The molecule has 2 aliphatic rings. The van der Waals surface area contributed by atoms with Crippen molar-refractivity contribution in [1.29, 1.82) is 0 Å². The lowest BCUT2D eigenvalue weighted by Gasteiger charge is -2.27. The average molecular weight is 260 g/mol. The molecule has 19 heavy (non-hydrogen) atoms. The number of carboxylic acid groups (broad SMARTS) is 1. The van der Waals surface area contributed by atoms with E-state index in [0.717, 1.165) is 17.8 Å². The molecule has 1 heterocycles. The molecule has 1 aliphatic carbocycles. The van der Waals surface area contributed by atoms with E-state index in [4.69, 9.17) is 5.11 Å². The van der Waals surface area contributed by atoms with Crippen molar-refractivity contribution in [3.63, 3.8) is 0 Å². The van der Waals surface area contributed by atoms with Crippen molar-refractivity contribution in [2.45, 2.75) is 30.7 Å². The van der Waals surface area contributed by atoms with E-state index in [1.165, 1.54) is 0 Å². The predicted octanol–water partition coefficient (Wildman–Crippen LogP) is 1.32. The third-order valence-corrected chi connectivity index (χ3v) is 3.92. The summed E-state index contributed by atoms with van der Waals surface area (Å²) in [5.41, 5.74) is 0.915. The highest BCUT2D eigenvalue weighted by atomic mass is 16.4. The van der Waals surface area contributed by atoms with Crippen molar-refractivity contribution in [1.82, 2.24) is 5.32 Å². The van der Waals surface area contributed by atoms with Gasteiger partial charge in [-0.15, -0.1) is 0 Å². The monoisotopic (exact) mass is 260 g/mol. The van der Waals surface area contributed by atoms with Gasteiger partial charge in [0.25, 0.3) is 0 Å². The van der Waals surface area contributed by atoms with Crippen LogP contribution in [0.15, 0.2) is 24.3 Å². The van der Waals surface area contributed by atoms with Crippen molar-refractivity contribution in [3.05, 3.63) is 29.8 Å². The molecule has 1 amide bonds. The van der Waals surface area contributed by atoms with Crippen LogP contribution in [0.25, 0.3) is 0 Å². The summed E-state index contributed by atoms with van der Waals surface area (Å²) in [4.78, 5) is 23.4. The van der Waals surface area contributed by atoms with Crippen LogP contribution in [-0.4, -0.2) is 29.1 Å². The van der Waals surface area contributed by atoms with Gasteiger partial charge in [-0.1, -0.05) is 18.2 Å². The summed E-state index contributed by atoms with van der Waals surface area (Å²) in [6.07, 6.45) is 1.75. The van der Waals surface area contributed by atoms with Gasteiger partial charge in [-0.2, -0.15) is 0 Å². The summed E-state index contributed by atoms with van der Waals surface area (Å²) in [5.74, 6) is -1.36. The maximum Gasteiger partial charge on any atom is 0.329 e. The number of carboxylic acids is 1. The topological polar surface area (TPSA) is 78.4 Å². The Morgan fingerprint density at radius 3 is 2.74 bits per heavy atom. The molecule has 1 fully saturated rings. The molecule has 1 aliphatic heterocycles. The van der Waals surface area contributed by atoms with Crippen molar-refractivity contribution >= 4 is 17.6 Å². The molecule has 0 radical (unpaired) electrons. The number of aliphatic carboxylic acids is 1.